The van der Waals surface area contributed by atoms with Crippen molar-refractivity contribution in [2.45, 2.75) is 57.4 Å². The second-order valence-corrected chi connectivity index (χ2v) is 8.00. The van der Waals surface area contributed by atoms with Crippen LogP contribution < -0.4 is 10.6 Å². The Morgan fingerprint density at radius 2 is 1.93 bits per heavy atom. The van der Waals surface area contributed by atoms with Crippen LogP contribution in [-0.2, 0) is 16.1 Å². The molecule has 1 aromatic carbocycles. The van der Waals surface area contributed by atoms with E-state index in [1.165, 1.54) is 0 Å². The highest BCUT2D eigenvalue weighted by Gasteiger charge is 2.59. The lowest BCUT2D eigenvalue weighted by Gasteiger charge is -2.30. The number of alkyl carbamates (subject to hydrolysis) is 2. The molecular weight excluding hydrogens is 356 g/mol. The Balaban J connectivity index is 2.03. The standard InChI is InChI=1S/C22H30N2O4/c1-6-11-18(23-19(25)27-15-16-12-9-8-10-13-16)22(14-17(22)7-2)24-20(26)28-21(3,4)5/h6-10,12-13,17-18H,1-2,11,14-15H2,3-5H3,(H,23,25)(H,24,26). The SMILES string of the molecule is C=CCC(NC(=O)OCc1ccccc1)C1(NC(=O)OC(C)(C)C)CC1C=C. The second-order valence-electron chi connectivity index (χ2n) is 8.00. The van der Waals surface area contributed by atoms with Crippen molar-refractivity contribution in [3.8, 4) is 0 Å². The van der Waals surface area contributed by atoms with Crippen LogP contribution in [0.4, 0.5) is 9.59 Å². The maximum Gasteiger partial charge on any atom is 0.408 e. The van der Waals surface area contributed by atoms with Gasteiger partial charge in [0.2, 0.25) is 0 Å². The molecule has 0 bridgehead atoms. The topological polar surface area (TPSA) is 76.7 Å². The zero-order chi connectivity index (χ0) is 20.8. The van der Waals surface area contributed by atoms with Crippen molar-refractivity contribution in [2.75, 3.05) is 0 Å². The first-order chi connectivity index (χ1) is 13.2. The molecule has 2 amide bonds. The number of rotatable bonds is 8. The lowest BCUT2D eigenvalue weighted by Crippen LogP contribution is -2.55. The van der Waals surface area contributed by atoms with Gasteiger partial charge in [-0.2, -0.15) is 0 Å². The largest absolute Gasteiger partial charge is 0.445 e. The molecule has 1 aliphatic carbocycles. The molecular formula is C22H30N2O4. The number of nitrogens with one attached hydrogen (secondary N) is 2. The van der Waals surface area contributed by atoms with E-state index < -0.39 is 23.3 Å². The molecule has 1 fully saturated rings. The molecule has 2 rings (SSSR count). The fourth-order valence-electron chi connectivity index (χ4n) is 3.20. The van der Waals surface area contributed by atoms with E-state index in [2.05, 4.69) is 23.8 Å². The molecule has 0 saturated heterocycles. The summed E-state index contributed by atoms with van der Waals surface area (Å²) in [5, 5.41) is 5.81. The minimum Gasteiger partial charge on any atom is -0.445 e. The molecule has 152 valence electrons. The number of ether oxygens (including phenoxy) is 2. The van der Waals surface area contributed by atoms with E-state index >= 15 is 0 Å². The van der Waals surface area contributed by atoms with Gasteiger partial charge >= 0.3 is 12.2 Å². The first-order valence-corrected chi connectivity index (χ1v) is 9.42. The minimum atomic E-state index is -0.663. The number of hydrogen-bond acceptors (Lipinski definition) is 4. The zero-order valence-corrected chi connectivity index (χ0v) is 16.9. The average Bonchev–Trinajstić information content (AvgIpc) is 3.32. The summed E-state index contributed by atoms with van der Waals surface area (Å²) in [5.41, 5.74) is -0.376. The van der Waals surface area contributed by atoms with Crippen LogP contribution in [0.3, 0.4) is 0 Å². The maximum absolute atomic E-state index is 12.3. The average molecular weight is 386 g/mol. The predicted molar refractivity (Wildman–Crippen MR) is 109 cm³/mol. The number of benzene rings is 1. The minimum absolute atomic E-state index is 0.0272. The molecule has 1 saturated carbocycles. The Bertz CT molecular complexity index is 711. The smallest absolute Gasteiger partial charge is 0.408 e. The molecule has 2 N–H and O–H groups in total. The van der Waals surface area contributed by atoms with Crippen LogP contribution in [0, 0.1) is 5.92 Å². The molecule has 28 heavy (non-hydrogen) atoms. The van der Waals surface area contributed by atoms with Crippen molar-refractivity contribution in [3.05, 3.63) is 61.2 Å². The van der Waals surface area contributed by atoms with Gasteiger partial charge in [-0.15, -0.1) is 13.2 Å². The van der Waals surface area contributed by atoms with Gasteiger partial charge in [-0.3, -0.25) is 0 Å². The van der Waals surface area contributed by atoms with Crippen LogP contribution in [-0.4, -0.2) is 29.4 Å². The van der Waals surface area contributed by atoms with Crippen LogP contribution in [0.2, 0.25) is 0 Å². The Morgan fingerprint density at radius 3 is 2.46 bits per heavy atom. The number of amides is 2. The van der Waals surface area contributed by atoms with Gasteiger partial charge in [-0.1, -0.05) is 42.5 Å². The van der Waals surface area contributed by atoms with Crippen LogP contribution in [0.15, 0.2) is 55.6 Å². The highest BCUT2D eigenvalue weighted by molar-refractivity contribution is 5.72. The number of carbonyl (C=O) groups is 2. The number of carbonyl (C=O) groups excluding carboxylic acids is 2. The summed E-state index contributed by atoms with van der Waals surface area (Å²) in [7, 11) is 0. The summed E-state index contributed by atoms with van der Waals surface area (Å²) in [6.07, 6.45) is 3.55. The first-order valence-electron chi connectivity index (χ1n) is 9.42. The summed E-state index contributed by atoms with van der Waals surface area (Å²) in [6.45, 7) is 13.2. The van der Waals surface area contributed by atoms with Crippen molar-refractivity contribution in [1.29, 1.82) is 0 Å². The molecule has 3 unspecified atom stereocenters. The van der Waals surface area contributed by atoms with Gasteiger partial charge in [0.05, 0.1) is 11.6 Å². The van der Waals surface area contributed by atoms with Crippen LogP contribution in [0.5, 0.6) is 0 Å². The maximum atomic E-state index is 12.3. The first kappa shape index (κ1) is 21.5. The summed E-state index contributed by atoms with van der Waals surface area (Å²) >= 11 is 0. The lowest BCUT2D eigenvalue weighted by molar-refractivity contribution is 0.0474. The lowest BCUT2D eigenvalue weighted by atomic mass is 9.99. The van der Waals surface area contributed by atoms with Gasteiger partial charge < -0.3 is 20.1 Å². The Hall–Kier alpha value is -2.76. The van der Waals surface area contributed by atoms with Crippen LogP contribution in [0.25, 0.3) is 0 Å². The van der Waals surface area contributed by atoms with E-state index in [9.17, 15) is 9.59 Å². The van der Waals surface area contributed by atoms with E-state index in [1.54, 1.807) is 32.9 Å². The summed E-state index contributed by atoms with van der Waals surface area (Å²) in [6, 6.07) is 9.05. The van der Waals surface area contributed by atoms with Gasteiger partial charge in [0.25, 0.3) is 0 Å². The third-order valence-electron chi connectivity index (χ3n) is 4.61. The molecule has 0 radical (unpaired) electrons. The van der Waals surface area contributed by atoms with Crippen LogP contribution in [0.1, 0.15) is 39.2 Å². The van der Waals surface area contributed by atoms with E-state index in [1.807, 2.05) is 30.3 Å². The molecule has 0 spiro atoms. The molecule has 1 aromatic rings. The van der Waals surface area contributed by atoms with Crippen LogP contribution >= 0.6 is 0 Å². The molecule has 3 atom stereocenters. The molecule has 0 heterocycles. The van der Waals surface area contributed by atoms with Gasteiger partial charge in [0.15, 0.2) is 0 Å². The molecule has 0 aromatic heterocycles. The molecule has 6 nitrogen and oxygen atoms in total. The van der Waals surface area contributed by atoms with E-state index in [0.717, 1.165) is 5.56 Å². The van der Waals surface area contributed by atoms with Crippen molar-refractivity contribution in [1.82, 2.24) is 10.6 Å². The summed E-state index contributed by atoms with van der Waals surface area (Å²) < 4.78 is 10.7. The second kappa shape index (κ2) is 8.95. The molecule has 1 aliphatic rings. The molecule has 0 aliphatic heterocycles. The van der Waals surface area contributed by atoms with E-state index in [4.69, 9.17) is 9.47 Å². The number of hydrogen-bond donors (Lipinski definition) is 2. The predicted octanol–water partition coefficient (Wildman–Crippen LogP) is 4.33. The third kappa shape index (κ3) is 5.87. The van der Waals surface area contributed by atoms with Crippen molar-refractivity contribution in [3.63, 3.8) is 0 Å². The fourth-order valence-corrected chi connectivity index (χ4v) is 3.20. The zero-order valence-electron chi connectivity index (χ0n) is 16.9. The highest BCUT2D eigenvalue weighted by atomic mass is 16.6. The Kier molecular flexibility index (Phi) is 6.89. The van der Waals surface area contributed by atoms with Crippen molar-refractivity contribution in [2.24, 2.45) is 5.92 Å². The fraction of sp³-hybridized carbons (Fsp3) is 0.455. The van der Waals surface area contributed by atoms with Gasteiger partial charge in [-0.25, -0.2) is 9.59 Å². The highest BCUT2D eigenvalue weighted by Crippen LogP contribution is 2.48. The summed E-state index contributed by atoms with van der Waals surface area (Å²) in [5.74, 6) is 0.0272. The van der Waals surface area contributed by atoms with Crippen molar-refractivity contribution >= 4 is 12.2 Å². The quantitative estimate of drug-likeness (QED) is 0.652. The normalized spacial score (nSPS) is 21.8. The Morgan fingerprint density at radius 1 is 1.25 bits per heavy atom. The van der Waals surface area contributed by atoms with E-state index in [-0.39, 0.29) is 18.6 Å². The third-order valence-corrected chi connectivity index (χ3v) is 4.61. The van der Waals surface area contributed by atoms with Gasteiger partial charge in [0, 0.05) is 5.92 Å². The van der Waals surface area contributed by atoms with E-state index in [0.29, 0.717) is 12.8 Å². The summed E-state index contributed by atoms with van der Waals surface area (Å²) in [4.78, 5) is 24.7. The van der Waals surface area contributed by atoms with Crippen molar-refractivity contribution < 1.29 is 19.1 Å². The Labute approximate surface area is 167 Å². The van der Waals surface area contributed by atoms with Gasteiger partial charge in [0.1, 0.15) is 12.2 Å². The molecule has 6 heteroatoms. The monoisotopic (exact) mass is 386 g/mol. The van der Waals surface area contributed by atoms with Gasteiger partial charge in [-0.05, 0) is 39.2 Å².